The molecule has 2 fully saturated rings. The minimum absolute atomic E-state index is 0.0890. The highest BCUT2D eigenvalue weighted by atomic mass is 16.5. The van der Waals surface area contributed by atoms with Gasteiger partial charge in [0.05, 0.1) is 37.8 Å². The van der Waals surface area contributed by atoms with Crippen LogP contribution in [0, 0.1) is 0 Å². The predicted octanol–water partition coefficient (Wildman–Crippen LogP) is -0.822. The van der Waals surface area contributed by atoms with E-state index in [0.29, 0.717) is 13.2 Å². The number of ether oxygens (including phenoxy) is 1. The Morgan fingerprint density at radius 2 is 1.94 bits per heavy atom. The predicted molar refractivity (Wildman–Crippen MR) is 54.7 cm³/mol. The average molecular weight is 228 g/mol. The highest BCUT2D eigenvalue weighted by Gasteiger charge is 2.41. The van der Waals surface area contributed by atoms with Crippen molar-refractivity contribution in [3.63, 3.8) is 0 Å². The van der Waals surface area contributed by atoms with Gasteiger partial charge in [0.2, 0.25) is 5.91 Å². The van der Waals surface area contributed by atoms with Crippen LogP contribution in [0.3, 0.4) is 0 Å². The molecule has 0 radical (unpaired) electrons. The van der Waals surface area contributed by atoms with E-state index in [2.05, 4.69) is 0 Å². The molecule has 2 aliphatic heterocycles. The van der Waals surface area contributed by atoms with Crippen molar-refractivity contribution >= 4 is 11.9 Å². The standard InChI is InChI=1S/C10H16N2O4/c11-8(3-9(13)14)10(15)12-6-1-2-7(12)5-16-4-6/h6-8H,1-5,11H2,(H,13,14)/t6?,7?,8-/m0/s1. The van der Waals surface area contributed by atoms with Crippen LogP contribution in [0.25, 0.3) is 0 Å². The minimum Gasteiger partial charge on any atom is -0.481 e. The first-order valence-corrected chi connectivity index (χ1v) is 5.47. The molecule has 2 rings (SSSR count). The first kappa shape index (κ1) is 11.3. The van der Waals surface area contributed by atoms with Crippen molar-refractivity contribution in [1.82, 2.24) is 4.90 Å². The molecule has 2 aliphatic rings. The van der Waals surface area contributed by atoms with Gasteiger partial charge in [-0.15, -0.1) is 0 Å². The Morgan fingerprint density at radius 1 is 1.38 bits per heavy atom. The molecule has 2 saturated heterocycles. The molecule has 0 saturated carbocycles. The number of morpholine rings is 1. The third-order valence-corrected chi connectivity index (χ3v) is 3.21. The zero-order valence-electron chi connectivity index (χ0n) is 8.96. The van der Waals surface area contributed by atoms with Gasteiger partial charge in [-0.2, -0.15) is 0 Å². The molecule has 3 N–H and O–H groups in total. The number of fused-ring (bicyclic) bond motifs is 2. The summed E-state index contributed by atoms with van der Waals surface area (Å²) in [4.78, 5) is 24.2. The average Bonchev–Trinajstić information content (AvgIpc) is 2.46. The SMILES string of the molecule is N[C@@H](CC(=O)O)C(=O)N1C2CCC1COC2. The fourth-order valence-electron chi connectivity index (χ4n) is 2.46. The van der Waals surface area contributed by atoms with Gasteiger partial charge >= 0.3 is 5.97 Å². The van der Waals surface area contributed by atoms with E-state index in [4.69, 9.17) is 15.6 Å². The van der Waals surface area contributed by atoms with Gasteiger partial charge in [-0.25, -0.2) is 0 Å². The quantitative estimate of drug-likeness (QED) is 0.658. The number of nitrogens with two attached hydrogens (primary N) is 1. The molecule has 0 spiro atoms. The molecule has 2 bridgehead atoms. The van der Waals surface area contributed by atoms with Crippen molar-refractivity contribution in [2.45, 2.75) is 37.4 Å². The van der Waals surface area contributed by atoms with Crippen molar-refractivity contribution in [2.75, 3.05) is 13.2 Å². The summed E-state index contributed by atoms with van der Waals surface area (Å²) in [6, 6.07) is -0.754. The second-order valence-corrected chi connectivity index (χ2v) is 4.37. The fraction of sp³-hybridized carbons (Fsp3) is 0.800. The molecule has 6 nitrogen and oxygen atoms in total. The summed E-state index contributed by atoms with van der Waals surface area (Å²) in [6.45, 7) is 1.09. The number of rotatable bonds is 3. The number of carboxylic acid groups (broad SMARTS) is 1. The highest BCUT2D eigenvalue weighted by Crippen LogP contribution is 2.29. The maximum atomic E-state index is 12.0. The summed E-state index contributed by atoms with van der Waals surface area (Å²) in [5.41, 5.74) is 5.59. The number of nitrogens with zero attached hydrogens (tertiary/aromatic N) is 1. The van der Waals surface area contributed by atoms with Crippen molar-refractivity contribution in [3.8, 4) is 0 Å². The zero-order valence-corrected chi connectivity index (χ0v) is 8.96. The maximum Gasteiger partial charge on any atom is 0.305 e. The molecular formula is C10H16N2O4. The molecule has 0 aromatic rings. The van der Waals surface area contributed by atoms with Crippen LogP contribution < -0.4 is 5.73 Å². The zero-order chi connectivity index (χ0) is 11.7. The molecule has 2 heterocycles. The number of hydrogen-bond donors (Lipinski definition) is 2. The molecular weight excluding hydrogens is 212 g/mol. The lowest BCUT2D eigenvalue weighted by molar-refractivity contribution is -0.147. The molecule has 0 aromatic heterocycles. The van der Waals surface area contributed by atoms with Gasteiger partial charge in [0.25, 0.3) is 0 Å². The van der Waals surface area contributed by atoms with Gasteiger partial charge in [0.15, 0.2) is 0 Å². The van der Waals surface area contributed by atoms with E-state index in [0.717, 1.165) is 12.8 Å². The van der Waals surface area contributed by atoms with E-state index >= 15 is 0 Å². The molecule has 1 amide bonds. The van der Waals surface area contributed by atoms with Crippen LogP contribution in [0.15, 0.2) is 0 Å². The number of carboxylic acids is 1. The van der Waals surface area contributed by atoms with Crippen molar-refractivity contribution in [2.24, 2.45) is 5.73 Å². The van der Waals surface area contributed by atoms with Crippen LogP contribution >= 0.6 is 0 Å². The second-order valence-electron chi connectivity index (χ2n) is 4.37. The number of amides is 1. The lowest BCUT2D eigenvalue weighted by Crippen LogP contribution is -2.54. The third-order valence-electron chi connectivity index (χ3n) is 3.21. The summed E-state index contributed by atoms with van der Waals surface area (Å²) >= 11 is 0. The summed E-state index contributed by atoms with van der Waals surface area (Å²) in [7, 11) is 0. The monoisotopic (exact) mass is 228 g/mol. The van der Waals surface area contributed by atoms with Crippen LogP contribution in [-0.4, -0.2) is 53.2 Å². The van der Waals surface area contributed by atoms with Gasteiger partial charge in [-0.3, -0.25) is 9.59 Å². The second kappa shape index (κ2) is 4.39. The summed E-state index contributed by atoms with van der Waals surface area (Å²) in [5, 5.41) is 8.60. The fourth-order valence-corrected chi connectivity index (χ4v) is 2.46. The highest BCUT2D eigenvalue weighted by molar-refractivity contribution is 5.86. The van der Waals surface area contributed by atoms with Crippen molar-refractivity contribution in [3.05, 3.63) is 0 Å². The Labute approximate surface area is 93.3 Å². The van der Waals surface area contributed by atoms with E-state index in [1.54, 1.807) is 4.90 Å². The molecule has 6 heteroatoms. The van der Waals surface area contributed by atoms with Gasteiger partial charge in [-0.05, 0) is 12.8 Å². The maximum absolute atomic E-state index is 12.0. The Bertz CT molecular complexity index is 291. The smallest absolute Gasteiger partial charge is 0.305 e. The summed E-state index contributed by atoms with van der Waals surface area (Å²) in [5.74, 6) is -1.29. The Morgan fingerprint density at radius 3 is 2.44 bits per heavy atom. The first-order valence-electron chi connectivity index (χ1n) is 5.47. The number of carbonyl (C=O) groups excluding carboxylic acids is 1. The van der Waals surface area contributed by atoms with Gasteiger partial charge < -0.3 is 20.5 Å². The molecule has 90 valence electrons. The van der Waals surface area contributed by atoms with Crippen LogP contribution in [0.1, 0.15) is 19.3 Å². The van der Waals surface area contributed by atoms with Crippen molar-refractivity contribution in [1.29, 1.82) is 0 Å². The van der Waals surface area contributed by atoms with Crippen LogP contribution in [0.2, 0.25) is 0 Å². The number of aliphatic carboxylic acids is 1. The lowest BCUT2D eigenvalue weighted by Gasteiger charge is -2.36. The molecule has 3 atom stereocenters. The third kappa shape index (κ3) is 2.03. The van der Waals surface area contributed by atoms with Crippen LogP contribution in [0.4, 0.5) is 0 Å². The van der Waals surface area contributed by atoms with E-state index in [9.17, 15) is 9.59 Å². The molecule has 16 heavy (non-hydrogen) atoms. The Balaban J connectivity index is 2.01. The summed E-state index contributed by atoms with van der Waals surface area (Å²) in [6.07, 6.45) is 1.54. The molecule has 2 unspecified atom stereocenters. The van der Waals surface area contributed by atoms with E-state index in [1.807, 2.05) is 0 Å². The van der Waals surface area contributed by atoms with E-state index in [-0.39, 0.29) is 24.4 Å². The number of hydrogen-bond acceptors (Lipinski definition) is 4. The molecule has 0 aliphatic carbocycles. The van der Waals surface area contributed by atoms with Gasteiger partial charge in [0, 0.05) is 0 Å². The molecule has 0 aromatic carbocycles. The normalized spacial score (nSPS) is 30.2. The Kier molecular flexibility index (Phi) is 3.11. The number of carbonyl (C=O) groups is 2. The minimum atomic E-state index is -1.04. The van der Waals surface area contributed by atoms with Gasteiger partial charge in [-0.1, -0.05) is 0 Å². The van der Waals surface area contributed by atoms with Gasteiger partial charge in [0.1, 0.15) is 0 Å². The topological polar surface area (TPSA) is 92.9 Å². The first-order chi connectivity index (χ1) is 7.59. The summed E-state index contributed by atoms with van der Waals surface area (Å²) < 4.78 is 5.35. The lowest BCUT2D eigenvalue weighted by atomic mass is 10.1. The van der Waals surface area contributed by atoms with Crippen LogP contribution in [-0.2, 0) is 14.3 Å². The van der Waals surface area contributed by atoms with Crippen LogP contribution in [0.5, 0.6) is 0 Å². The Hall–Kier alpha value is -1.14. The largest absolute Gasteiger partial charge is 0.481 e. The van der Waals surface area contributed by atoms with E-state index < -0.39 is 12.0 Å². The van der Waals surface area contributed by atoms with E-state index in [1.165, 1.54) is 0 Å². The van der Waals surface area contributed by atoms with Crippen molar-refractivity contribution < 1.29 is 19.4 Å².